The second kappa shape index (κ2) is 10.4. The summed E-state index contributed by atoms with van der Waals surface area (Å²) in [5, 5.41) is 0. The summed E-state index contributed by atoms with van der Waals surface area (Å²) in [7, 11) is 3.02. The van der Waals surface area contributed by atoms with E-state index in [1.807, 2.05) is 35.9 Å². The smallest absolute Gasteiger partial charge is 0.387 e. The number of pyridine rings is 1. The molecule has 0 atom stereocenters. The highest BCUT2D eigenvalue weighted by atomic mass is 19.3. The van der Waals surface area contributed by atoms with Crippen LogP contribution in [0.1, 0.15) is 27.2 Å². The number of fused-ring (bicyclic) bond motifs is 1. The molecule has 0 N–H and O–H groups in total. The van der Waals surface area contributed by atoms with Crippen molar-refractivity contribution in [3.8, 4) is 17.2 Å². The maximum Gasteiger partial charge on any atom is 0.387 e. The van der Waals surface area contributed by atoms with Gasteiger partial charge in [0.1, 0.15) is 18.0 Å². The average molecular weight is 481 g/mol. The van der Waals surface area contributed by atoms with E-state index in [9.17, 15) is 13.6 Å². The molecular weight excluding hydrogens is 456 g/mol. The fourth-order valence-electron chi connectivity index (χ4n) is 3.67. The van der Waals surface area contributed by atoms with Crippen molar-refractivity contribution in [2.75, 3.05) is 14.2 Å². The molecule has 9 heteroatoms. The Morgan fingerprint density at radius 1 is 1.09 bits per heavy atom. The van der Waals surface area contributed by atoms with Crippen LogP contribution in [0.4, 0.5) is 8.78 Å². The molecule has 0 bridgehead atoms. The lowest BCUT2D eigenvalue weighted by atomic mass is 10.1. The van der Waals surface area contributed by atoms with Gasteiger partial charge in [0.2, 0.25) is 0 Å². The number of benzene rings is 2. The van der Waals surface area contributed by atoms with Crippen LogP contribution in [0, 0.1) is 6.92 Å². The number of nitrogens with zero attached hydrogens (tertiary/aromatic N) is 3. The van der Waals surface area contributed by atoms with Crippen LogP contribution in [-0.2, 0) is 13.2 Å². The first-order chi connectivity index (χ1) is 16.8. The van der Waals surface area contributed by atoms with E-state index in [2.05, 4.69) is 9.72 Å². The first kappa shape index (κ1) is 24.0. The second-order valence-electron chi connectivity index (χ2n) is 8.05. The summed E-state index contributed by atoms with van der Waals surface area (Å²) in [4.78, 5) is 19.1. The fraction of sp³-hybridized carbons (Fsp3) is 0.231. The second-order valence-corrected chi connectivity index (χ2v) is 8.05. The number of alkyl halides is 2. The summed E-state index contributed by atoms with van der Waals surface area (Å²) < 4.78 is 42.5. The Balaban J connectivity index is 1.41. The monoisotopic (exact) mass is 481 g/mol. The molecular formula is C26H25F2N3O4. The fourth-order valence-corrected chi connectivity index (χ4v) is 3.67. The molecule has 7 nitrogen and oxygen atoms in total. The van der Waals surface area contributed by atoms with Crippen molar-refractivity contribution in [3.05, 3.63) is 89.4 Å². The molecule has 182 valence electrons. The number of methoxy groups -OCH3 is 1. The molecule has 0 unspecified atom stereocenters. The highest BCUT2D eigenvalue weighted by molar-refractivity contribution is 5.94. The van der Waals surface area contributed by atoms with E-state index in [4.69, 9.17) is 9.47 Å². The largest absolute Gasteiger partial charge is 0.493 e. The van der Waals surface area contributed by atoms with Crippen molar-refractivity contribution in [1.29, 1.82) is 0 Å². The predicted octanol–water partition coefficient (Wildman–Crippen LogP) is 5.10. The molecule has 4 rings (SSSR count). The zero-order chi connectivity index (χ0) is 24.9. The van der Waals surface area contributed by atoms with Gasteiger partial charge in [0, 0.05) is 31.5 Å². The summed E-state index contributed by atoms with van der Waals surface area (Å²) in [5.41, 5.74) is 3.91. The molecule has 35 heavy (non-hydrogen) atoms. The number of hydrogen-bond acceptors (Lipinski definition) is 5. The van der Waals surface area contributed by atoms with Gasteiger partial charge in [-0.1, -0.05) is 18.2 Å². The summed E-state index contributed by atoms with van der Waals surface area (Å²) >= 11 is 0. The van der Waals surface area contributed by atoms with Crippen LogP contribution < -0.4 is 14.2 Å². The van der Waals surface area contributed by atoms with E-state index in [1.54, 1.807) is 43.4 Å². The lowest BCUT2D eigenvalue weighted by Gasteiger charge is -2.19. The van der Waals surface area contributed by atoms with Gasteiger partial charge in [-0.05, 0) is 54.4 Å². The van der Waals surface area contributed by atoms with Gasteiger partial charge in [-0.25, -0.2) is 4.98 Å². The van der Waals surface area contributed by atoms with Gasteiger partial charge in [0.05, 0.1) is 12.8 Å². The molecule has 4 aromatic rings. The number of imidazole rings is 1. The van der Waals surface area contributed by atoms with Gasteiger partial charge in [0.15, 0.2) is 11.5 Å². The van der Waals surface area contributed by atoms with Crippen molar-refractivity contribution in [2.24, 2.45) is 0 Å². The van der Waals surface area contributed by atoms with Crippen LogP contribution in [0.3, 0.4) is 0 Å². The normalized spacial score (nSPS) is 11.0. The molecule has 0 aliphatic rings. The number of amides is 1. The minimum atomic E-state index is -2.95. The van der Waals surface area contributed by atoms with Crippen LogP contribution in [-0.4, -0.2) is 41.0 Å². The Bertz CT molecular complexity index is 1340. The summed E-state index contributed by atoms with van der Waals surface area (Å²) in [6.07, 6.45) is 3.91. The molecule has 0 aliphatic carbocycles. The Labute approximate surface area is 201 Å². The topological polar surface area (TPSA) is 65.3 Å². The van der Waals surface area contributed by atoms with Crippen LogP contribution in [0.25, 0.3) is 5.65 Å². The molecule has 0 saturated heterocycles. The first-order valence-electron chi connectivity index (χ1n) is 10.9. The minimum Gasteiger partial charge on any atom is -0.493 e. The lowest BCUT2D eigenvalue weighted by molar-refractivity contribution is -0.0512. The number of carbonyl (C=O) groups is 1. The maximum absolute atomic E-state index is 13.0. The molecule has 0 saturated carbocycles. The number of halogens is 2. The minimum absolute atomic E-state index is 0.0641. The molecule has 0 spiro atoms. The van der Waals surface area contributed by atoms with Gasteiger partial charge in [0.25, 0.3) is 5.91 Å². The van der Waals surface area contributed by atoms with Gasteiger partial charge >= 0.3 is 6.61 Å². The van der Waals surface area contributed by atoms with Crippen molar-refractivity contribution >= 4 is 11.6 Å². The predicted molar refractivity (Wildman–Crippen MR) is 126 cm³/mol. The first-order valence-corrected chi connectivity index (χ1v) is 10.9. The van der Waals surface area contributed by atoms with Crippen LogP contribution >= 0.6 is 0 Å². The van der Waals surface area contributed by atoms with Gasteiger partial charge in [-0.15, -0.1) is 0 Å². The zero-order valence-electron chi connectivity index (χ0n) is 19.6. The molecule has 0 radical (unpaired) electrons. The molecule has 2 aromatic carbocycles. The van der Waals surface area contributed by atoms with Gasteiger partial charge in [-0.3, -0.25) is 4.79 Å². The average Bonchev–Trinajstić information content (AvgIpc) is 3.25. The van der Waals surface area contributed by atoms with E-state index >= 15 is 0 Å². The number of aromatic nitrogens is 2. The number of ether oxygens (including phenoxy) is 3. The third-order valence-corrected chi connectivity index (χ3v) is 5.33. The number of hydrogen-bond donors (Lipinski definition) is 0. The van der Waals surface area contributed by atoms with Crippen LogP contribution in [0.2, 0.25) is 0 Å². The van der Waals surface area contributed by atoms with Crippen molar-refractivity contribution in [1.82, 2.24) is 14.3 Å². The van der Waals surface area contributed by atoms with Gasteiger partial charge in [-0.2, -0.15) is 8.78 Å². The summed E-state index contributed by atoms with van der Waals surface area (Å²) in [5.74, 6) is 0.435. The Morgan fingerprint density at radius 3 is 2.69 bits per heavy atom. The maximum atomic E-state index is 13.0. The molecule has 0 fully saturated rings. The van der Waals surface area contributed by atoms with E-state index < -0.39 is 6.61 Å². The standard InChI is InChI=1S/C26H25F2N3O4/c1-17-7-10-24-29-20(15-31(24)13-17)16-34-21-6-4-5-19(12-21)25(32)30(2)14-18-8-9-22(35-26(27)28)23(11-18)33-3/h4-13,15,26H,14,16H2,1-3H3. The van der Waals surface area contributed by atoms with Crippen LogP contribution in [0.15, 0.2) is 67.0 Å². The Morgan fingerprint density at radius 2 is 1.91 bits per heavy atom. The quantitative estimate of drug-likeness (QED) is 0.333. The SMILES string of the molecule is COc1cc(CN(C)C(=O)c2cccc(OCc3cn4cc(C)ccc4n3)c2)ccc1OC(F)F. The number of aryl methyl sites for hydroxylation is 1. The van der Waals surface area contributed by atoms with Crippen molar-refractivity contribution in [2.45, 2.75) is 26.7 Å². The molecule has 0 aliphatic heterocycles. The van der Waals surface area contributed by atoms with Gasteiger partial charge < -0.3 is 23.5 Å². The number of carbonyl (C=O) groups excluding carboxylic acids is 1. The van der Waals surface area contributed by atoms with E-state index in [0.29, 0.717) is 16.9 Å². The highest BCUT2D eigenvalue weighted by Gasteiger charge is 2.16. The zero-order valence-corrected chi connectivity index (χ0v) is 19.6. The third kappa shape index (κ3) is 5.87. The van der Waals surface area contributed by atoms with Crippen LogP contribution in [0.5, 0.6) is 17.2 Å². The Kier molecular flexibility index (Phi) is 7.14. The molecule has 2 heterocycles. The number of rotatable bonds is 9. The summed E-state index contributed by atoms with van der Waals surface area (Å²) in [6, 6.07) is 15.4. The summed E-state index contributed by atoms with van der Waals surface area (Å²) in [6.45, 7) is -0.426. The Hall–Kier alpha value is -4.14. The molecule has 2 aromatic heterocycles. The van der Waals surface area contributed by atoms with E-state index in [-0.39, 0.29) is 30.6 Å². The molecule has 1 amide bonds. The lowest BCUT2D eigenvalue weighted by Crippen LogP contribution is -2.26. The van der Waals surface area contributed by atoms with E-state index in [1.165, 1.54) is 18.1 Å². The highest BCUT2D eigenvalue weighted by Crippen LogP contribution is 2.30. The van der Waals surface area contributed by atoms with Crippen molar-refractivity contribution in [3.63, 3.8) is 0 Å². The third-order valence-electron chi connectivity index (χ3n) is 5.33. The van der Waals surface area contributed by atoms with E-state index in [0.717, 1.165) is 16.9 Å². The van der Waals surface area contributed by atoms with Crippen molar-refractivity contribution < 1.29 is 27.8 Å².